The second-order valence-electron chi connectivity index (χ2n) is 7.00. The molecule has 0 aliphatic carbocycles. The monoisotopic (exact) mass is 472 g/mol. The average Bonchev–Trinajstić information content (AvgIpc) is 3.49. The van der Waals surface area contributed by atoms with Gasteiger partial charge in [-0.2, -0.15) is 0 Å². The molecule has 4 rings (SSSR count). The topological polar surface area (TPSA) is 67.9 Å². The molecule has 0 radical (unpaired) electrons. The number of ether oxygens (including phenoxy) is 2. The maximum atomic E-state index is 13.6. The molecule has 2 amide bonds. The minimum Gasteiger partial charge on any atom is -0.493 e. The maximum absolute atomic E-state index is 13.6. The van der Waals surface area contributed by atoms with Gasteiger partial charge in [-0.25, -0.2) is 4.39 Å². The number of benzene rings is 2. The number of carbonyl (C=O) groups excluding carboxylic acids is 2. The first kappa shape index (κ1) is 22.2. The fourth-order valence-electron chi connectivity index (χ4n) is 3.48. The number of anilines is 1. The molecule has 3 aromatic rings. The highest BCUT2D eigenvalue weighted by atomic mass is 32.2. The number of nitrogens with zero attached hydrogens (tertiary/aromatic N) is 1. The SMILES string of the molecule is COc1ccc(C(=O)N2C(C(=O)Nc3ccc(F)cc3)CSC2c2cccs2)cc1OC. The first-order valence-corrected chi connectivity index (χ1v) is 11.7. The van der Waals surface area contributed by atoms with Crippen LogP contribution in [-0.4, -0.2) is 42.7 Å². The van der Waals surface area contributed by atoms with Crippen LogP contribution in [0, 0.1) is 5.82 Å². The Hall–Kier alpha value is -3.04. The highest BCUT2D eigenvalue weighted by Crippen LogP contribution is 2.44. The third kappa shape index (κ3) is 4.44. The Bertz CT molecular complexity index is 1110. The van der Waals surface area contributed by atoms with Gasteiger partial charge in [-0.15, -0.1) is 23.1 Å². The Morgan fingerprint density at radius 2 is 1.81 bits per heavy atom. The molecule has 6 nitrogen and oxygen atoms in total. The minimum atomic E-state index is -0.697. The van der Waals surface area contributed by atoms with Gasteiger partial charge in [0.15, 0.2) is 11.5 Å². The predicted octanol–water partition coefficient (Wildman–Crippen LogP) is 4.80. The van der Waals surface area contributed by atoms with Crippen LogP contribution >= 0.6 is 23.1 Å². The summed E-state index contributed by atoms with van der Waals surface area (Å²) in [6, 6.07) is 13.7. The quantitative estimate of drug-likeness (QED) is 0.558. The molecule has 1 aliphatic rings. The summed E-state index contributed by atoms with van der Waals surface area (Å²) in [5.74, 6) is 0.396. The van der Waals surface area contributed by atoms with E-state index in [1.807, 2.05) is 17.5 Å². The first-order chi connectivity index (χ1) is 15.5. The third-order valence-corrected chi connectivity index (χ3v) is 7.45. The maximum Gasteiger partial charge on any atom is 0.255 e. The third-order valence-electron chi connectivity index (χ3n) is 5.07. The van der Waals surface area contributed by atoms with E-state index in [2.05, 4.69) is 5.32 Å². The minimum absolute atomic E-state index is 0.284. The zero-order chi connectivity index (χ0) is 22.7. The van der Waals surface area contributed by atoms with Crippen molar-refractivity contribution < 1.29 is 23.5 Å². The van der Waals surface area contributed by atoms with Crippen molar-refractivity contribution in [1.29, 1.82) is 0 Å². The van der Waals surface area contributed by atoms with Crippen molar-refractivity contribution in [3.8, 4) is 11.5 Å². The Balaban J connectivity index is 1.65. The number of carbonyl (C=O) groups is 2. The second-order valence-corrected chi connectivity index (χ2v) is 9.09. The molecule has 9 heteroatoms. The lowest BCUT2D eigenvalue weighted by Crippen LogP contribution is -2.45. The number of thiophene rings is 1. The molecule has 1 fully saturated rings. The molecule has 0 saturated carbocycles. The number of nitrogens with one attached hydrogen (secondary N) is 1. The lowest BCUT2D eigenvalue weighted by molar-refractivity contribution is -0.119. The summed E-state index contributed by atoms with van der Waals surface area (Å²) in [5, 5.41) is 4.45. The highest BCUT2D eigenvalue weighted by molar-refractivity contribution is 7.99. The van der Waals surface area contributed by atoms with Crippen LogP contribution in [0.1, 0.15) is 20.6 Å². The normalized spacial score (nSPS) is 17.8. The van der Waals surface area contributed by atoms with E-state index in [9.17, 15) is 14.0 Å². The molecule has 0 spiro atoms. The number of methoxy groups -OCH3 is 2. The van der Waals surface area contributed by atoms with Crippen LogP contribution in [0.15, 0.2) is 60.0 Å². The number of rotatable bonds is 6. The second kappa shape index (κ2) is 9.62. The van der Waals surface area contributed by atoms with Gasteiger partial charge in [0, 0.05) is 21.9 Å². The number of thioether (sulfide) groups is 1. The summed E-state index contributed by atoms with van der Waals surface area (Å²) in [7, 11) is 3.03. The zero-order valence-electron chi connectivity index (χ0n) is 17.4. The summed E-state index contributed by atoms with van der Waals surface area (Å²) in [4.78, 5) is 29.3. The first-order valence-electron chi connectivity index (χ1n) is 9.78. The fraction of sp³-hybridized carbons (Fsp3) is 0.217. The van der Waals surface area contributed by atoms with E-state index in [1.54, 1.807) is 23.1 Å². The fourth-order valence-corrected chi connectivity index (χ4v) is 5.88. The summed E-state index contributed by atoms with van der Waals surface area (Å²) in [5.41, 5.74) is 0.866. The lowest BCUT2D eigenvalue weighted by atomic mass is 10.1. The van der Waals surface area contributed by atoms with E-state index in [1.165, 1.54) is 61.6 Å². The molecule has 1 N–H and O–H groups in total. The molecule has 32 heavy (non-hydrogen) atoms. The molecule has 2 unspecified atom stereocenters. The smallest absolute Gasteiger partial charge is 0.255 e. The van der Waals surface area contributed by atoms with Crippen molar-refractivity contribution in [2.45, 2.75) is 11.4 Å². The van der Waals surface area contributed by atoms with Crippen LogP contribution in [0.4, 0.5) is 10.1 Å². The molecule has 1 saturated heterocycles. The molecule has 2 atom stereocenters. The number of amides is 2. The zero-order valence-corrected chi connectivity index (χ0v) is 19.0. The molecular formula is C23H21FN2O4S2. The summed E-state index contributed by atoms with van der Waals surface area (Å²) >= 11 is 3.07. The van der Waals surface area contributed by atoms with Crippen LogP contribution in [0.5, 0.6) is 11.5 Å². The van der Waals surface area contributed by atoms with Gasteiger partial charge in [-0.1, -0.05) is 6.07 Å². The van der Waals surface area contributed by atoms with Crippen LogP contribution in [-0.2, 0) is 4.79 Å². The predicted molar refractivity (Wildman–Crippen MR) is 124 cm³/mol. The van der Waals surface area contributed by atoms with Gasteiger partial charge >= 0.3 is 0 Å². The van der Waals surface area contributed by atoms with Crippen molar-refractivity contribution in [1.82, 2.24) is 4.90 Å². The summed E-state index contributed by atoms with van der Waals surface area (Å²) in [6.45, 7) is 0. The average molecular weight is 473 g/mol. The van der Waals surface area contributed by atoms with Crippen molar-refractivity contribution in [2.24, 2.45) is 0 Å². The van der Waals surface area contributed by atoms with Crippen molar-refractivity contribution >= 4 is 40.6 Å². The Morgan fingerprint density at radius 1 is 1.06 bits per heavy atom. The summed E-state index contributed by atoms with van der Waals surface area (Å²) in [6.07, 6.45) is 0. The van der Waals surface area contributed by atoms with Gasteiger partial charge in [-0.3, -0.25) is 9.59 Å². The van der Waals surface area contributed by atoms with Crippen LogP contribution in [0.25, 0.3) is 0 Å². The molecule has 2 aromatic carbocycles. The molecule has 166 valence electrons. The van der Waals surface area contributed by atoms with Gasteiger partial charge in [0.25, 0.3) is 5.91 Å². The van der Waals surface area contributed by atoms with Gasteiger partial charge in [0.2, 0.25) is 5.91 Å². The Morgan fingerprint density at radius 3 is 2.47 bits per heavy atom. The van der Waals surface area contributed by atoms with Crippen LogP contribution in [0.3, 0.4) is 0 Å². The van der Waals surface area contributed by atoms with E-state index < -0.39 is 6.04 Å². The van der Waals surface area contributed by atoms with E-state index in [-0.39, 0.29) is 23.0 Å². The molecule has 2 heterocycles. The van der Waals surface area contributed by atoms with Crippen LogP contribution < -0.4 is 14.8 Å². The van der Waals surface area contributed by atoms with Gasteiger partial charge < -0.3 is 19.7 Å². The number of halogens is 1. The van der Waals surface area contributed by atoms with Gasteiger partial charge in [0.1, 0.15) is 17.2 Å². The number of hydrogen-bond donors (Lipinski definition) is 1. The Kier molecular flexibility index (Phi) is 6.66. The number of hydrogen-bond acceptors (Lipinski definition) is 6. The van der Waals surface area contributed by atoms with Gasteiger partial charge in [-0.05, 0) is 53.9 Å². The largest absolute Gasteiger partial charge is 0.493 e. The van der Waals surface area contributed by atoms with Crippen LogP contribution in [0.2, 0.25) is 0 Å². The molecular weight excluding hydrogens is 451 g/mol. The van der Waals surface area contributed by atoms with Crippen molar-refractivity contribution in [2.75, 3.05) is 25.3 Å². The van der Waals surface area contributed by atoms with E-state index in [0.29, 0.717) is 28.5 Å². The van der Waals surface area contributed by atoms with Crippen molar-refractivity contribution in [3.63, 3.8) is 0 Å². The Labute approximate surface area is 193 Å². The molecule has 1 aliphatic heterocycles. The molecule has 1 aromatic heterocycles. The van der Waals surface area contributed by atoms with Crippen molar-refractivity contribution in [3.05, 3.63) is 76.2 Å². The molecule has 0 bridgehead atoms. The highest BCUT2D eigenvalue weighted by Gasteiger charge is 2.43. The van der Waals surface area contributed by atoms with E-state index in [4.69, 9.17) is 9.47 Å². The summed E-state index contributed by atoms with van der Waals surface area (Å²) < 4.78 is 23.8. The lowest BCUT2D eigenvalue weighted by Gasteiger charge is -2.28. The standard InChI is InChI=1S/C23H21FN2O4S2/c1-29-18-10-5-14(12-19(18)30-2)22(28)26-17(13-32-23(26)20-4-3-11-31-20)21(27)25-16-8-6-15(24)7-9-16/h3-12,17,23H,13H2,1-2H3,(H,25,27). The van der Waals surface area contributed by atoms with Gasteiger partial charge in [0.05, 0.1) is 14.2 Å². The van der Waals surface area contributed by atoms with E-state index in [0.717, 1.165) is 4.88 Å². The van der Waals surface area contributed by atoms with E-state index >= 15 is 0 Å².